The predicted octanol–water partition coefficient (Wildman–Crippen LogP) is 4.53. The Kier molecular flexibility index (Phi) is 7.92. The summed E-state index contributed by atoms with van der Waals surface area (Å²) in [5.74, 6) is 0.991. The van der Waals surface area contributed by atoms with Crippen molar-refractivity contribution in [2.75, 3.05) is 49.9 Å². The highest BCUT2D eigenvalue weighted by Crippen LogP contribution is 2.38. The van der Waals surface area contributed by atoms with Crippen molar-refractivity contribution in [2.24, 2.45) is 0 Å². The molecule has 0 spiro atoms. The van der Waals surface area contributed by atoms with Gasteiger partial charge in [0.2, 0.25) is 5.95 Å². The average Bonchev–Trinajstić information content (AvgIpc) is 3.27. The summed E-state index contributed by atoms with van der Waals surface area (Å²) in [6.07, 6.45) is 1.29. The number of methoxy groups -OCH3 is 1. The molecule has 0 saturated heterocycles. The summed E-state index contributed by atoms with van der Waals surface area (Å²) in [5.41, 5.74) is 12.5. The summed E-state index contributed by atoms with van der Waals surface area (Å²) in [7, 11) is 3.47. The Morgan fingerprint density at radius 2 is 2.08 bits per heavy atom. The van der Waals surface area contributed by atoms with E-state index >= 15 is 0 Å². The van der Waals surface area contributed by atoms with Gasteiger partial charge in [-0.05, 0) is 32.0 Å². The number of hydrogen-bond donors (Lipinski definition) is 3. The normalized spacial score (nSPS) is 12.7. The fourth-order valence-electron chi connectivity index (χ4n) is 4.91. The summed E-state index contributed by atoms with van der Waals surface area (Å²) in [4.78, 5) is 23.0. The van der Waals surface area contributed by atoms with E-state index in [1.807, 2.05) is 44.0 Å². The number of alkyl carbamates (subject to hydrolysis) is 1. The lowest BCUT2D eigenvalue weighted by Crippen LogP contribution is -2.33. The summed E-state index contributed by atoms with van der Waals surface area (Å²) >= 11 is 0. The van der Waals surface area contributed by atoms with Gasteiger partial charge in [-0.1, -0.05) is 18.2 Å². The molecule has 11 heteroatoms. The Morgan fingerprint density at radius 3 is 2.88 bits per heavy atom. The standard InChI is InChI=1S/C29H35N7O4/c1-18(2)32-29(37)40-14-11-35(3)24-16-26(38-4)22(15-20(24)30)34-28-31-10-9-21(33-28)27-19-7-5-6-8-23(19)36-12-13-39-17-25(27)36/h5-10,15-16,18H,11-14,17,30H2,1-4H3,(H,32,37)(H,31,33,34). The first-order valence-corrected chi connectivity index (χ1v) is 13.3. The van der Waals surface area contributed by atoms with Gasteiger partial charge < -0.3 is 40.0 Å². The van der Waals surface area contributed by atoms with Gasteiger partial charge in [-0.15, -0.1) is 0 Å². The zero-order valence-corrected chi connectivity index (χ0v) is 23.2. The number of anilines is 4. The first kappa shape index (κ1) is 27.1. The lowest BCUT2D eigenvalue weighted by Gasteiger charge is -2.23. The zero-order chi connectivity index (χ0) is 28.2. The molecule has 40 heavy (non-hydrogen) atoms. The summed E-state index contributed by atoms with van der Waals surface area (Å²) in [6.45, 7) is 6.44. The molecule has 210 valence electrons. The van der Waals surface area contributed by atoms with Crippen molar-refractivity contribution in [3.8, 4) is 17.0 Å². The number of nitrogens with zero attached hydrogens (tertiary/aromatic N) is 4. The molecule has 4 N–H and O–H groups in total. The van der Waals surface area contributed by atoms with Gasteiger partial charge in [-0.25, -0.2) is 14.8 Å². The molecule has 5 rings (SSSR count). The highest BCUT2D eigenvalue weighted by molar-refractivity contribution is 5.97. The van der Waals surface area contributed by atoms with Crippen LogP contribution in [0.4, 0.5) is 27.8 Å². The van der Waals surface area contributed by atoms with Crippen molar-refractivity contribution in [3.63, 3.8) is 0 Å². The number of likely N-dealkylation sites (N-methyl/N-ethyl adjacent to an activating group) is 1. The first-order chi connectivity index (χ1) is 19.4. The molecule has 4 aromatic rings. The number of nitrogen functional groups attached to an aromatic ring is 1. The summed E-state index contributed by atoms with van der Waals surface area (Å²) in [6, 6.07) is 13.9. The van der Waals surface area contributed by atoms with Crippen LogP contribution < -0.4 is 26.0 Å². The second kappa shape index (κ2) is 11.7. The number of nitrogens with one attached hydrogen (secondary N) is 2. The molecular formula is C29H35N7O4. The molecule has 2 aromatic carbocycles. The number of fused-ring (bicyclic) bond motifs is 3. The van der Waals surface area contributed by atoms with Crippen LogP contribution in [0.1, 0.15) is 19.5 Å². The third kappa shape index (κ3) is 5.59. The highest BCUT2D eigenvalue weighted by Gasteiger charge is 2.22. The van der Waals surface area contributed by atoms with Crippen LogP contribution in [0.2, 0.25) is 0 Å². The van der Waals surface area contributed by atoms with Gasteiger partial charge in [0.15, 0.2) is 0 Å². The second-order valence-corrected chi connectivity index (χ2v) is 9.90. The number of hydrogen-bond acceptors (Lipinski definition) is 9. The topological polar surface area (TPSA) is 129 Å². The molecule has 0 atom stereocenters. The molecule has 0 bridgehead atoms. The molecule has 11 nitrogen and oxygen atoms in total. The number of ether oxygens (including phenoxy) is 3. The van der Waals surface area contributed by atoms with E-state index in [9.17, 15) is 4.79 Å². The van der Waals surface area contributed by atoms with Gasteiger partial charge in [-0.2, -0.15) is 0 Å². The minimum Gasteiger partial charge on any atom is -0.494 e. The molecule has 1 aliphatic heterocycles. The van der Waals surface area contributed by atoms with E-state index in [4.69, 9.17) is 24.9 Å². The van der Waals surface area contributed by atoms with Crippen LogP contribution in [0.5, 0.6) is 5.75 Å². The van der Waals surface area contributed by atoms with Crippen LogP contribution in [0.25, 0.3) is 22.2 Å². The van der Waals surface area contributed by atoms with Gasteiger partial charge >= 0.3 is 6.09 Å². The van der Waals surface area contributed by atoms with E-state index in [0.717, 1.165) is 34.6 Å². The molecule has 3 heterocycles. The first-order valence-electron chi connectivity index (χ1n) is 13.3. The van der Waals surface area contributed by atoms with Gasteiger partial charge in [0.1, 0.15) is 12.4 Å². The molecule has 2 aromatic heterocycles. The molecule has 1 amide bonds. The summed E-state index contributed by atoms with van der Waals surface area (Å²) < 4.78 is 19.0. The van der Waals surface area contributed by atoms with Crippen molar-refractivity contribution >= 4 is 40.0 Å². The van der Waals surface area contributed by atoms with Gasteiger partial charge in [0.25, 0.3) is 0 Å². The van der Waals surface area contributed by atoms with Crippen molar-refractivity contribution in [2.45, 2.75) is 33.0 Å². The van der Waals surface area contributed by atoms with E-state index in [2.05, 4.69) is 38.4 Å². The molecule has 0 unspecified atom stereocenters. The average molecular weight is 546 g/mol. The zero-order valence-electron chi connectivity index (χ0n) is 23.2. The van der Waals surface area contributed by atoms with Crippen LogP contribution in [-0.2, 0) is 22.6 Å². The maximum Gasteiger partial charge on any atom is 0.407 e. The number of amides is 1. The minimum atomic E-state index is -0.447. The molecule has 0 radical (unpaired) electrons. The SMILES string of the molecule is COc1cc(N(C)CCOC(=O)NC(C)C)c(N)cc1Nc1nccc(-c2c3n(c4ccccc24)CCOC3)n1. The third-order valence-corrected chi connectivity index (χ3v) is 6.76. The molecule has 0 aliphatic carbocycles. The van der Waals surface area contributed by atoms with Gasteiger partial charge in [-0.3, -0.25) is 0 Å². The largest absolute Gasteiger partial charge is 0.494 e. The second-order valence-electron chi connectivity index (χ2n) is 9.90. The van der Waals surface area contributed by atoms with E-state index in [-0.39, 0.29) is 12.6 Å². The number of carbonyl (C=O) groups is 1. The van der Waals surface area contributed by atoms with E-state index in [1.165, 1.54) is 5.52 Å². The smallest absolute Gasteiger partial charge is 0.407 e. The van der Waals surface area contributed by atoms with Crippen molar-refractivity contribution in [1.82, 2.24) is 19.9 Å². The molecule has 0 fully saturated rings. The van der Waals surface area contributed by atoms with Gasteiger partial charge in [0.05, 0.1) is 55.3 Å². The van der Waals surface area contributed by atoms with Crippen LogP contribution in [0, 0.1) is 0 Å². The third-order valence-electron chi connectivity index (χ3n) is 6.76. The minimum absolute atomic E-state index is 0.0112. The molecule has 0 saturated carbocycles. The molecule has 1 aliphatic rings. The maximum atomic E-state index is 11.8. The van der Waals surface area contributed by atoms with Crippen molar-refractivity contribution in [3.05, 3.63) is 54.4 Å². The fourth-order valence-corrected chi connectivity index (χ4v) is 4.91. The van der Waals surface area contributed by atoms with Gasteiger partial charge in [0, 0.05) is 48.4 Å². The van der Waals surface area contributed by atoms with Crippen LogP contribution in [0.15, 0.2) is 48.7 Å². The van der Waals surface area contributed by atoms with Crippen LogP contribution >= 0.6 is 0 Å². The Hall–Kier alpha value is -4.51. The summed E-state index contributed by atoms with van der Waals surface area (Å²) in [5, 5.41) is 7.11. The molecular weight excluding hydrogens is 510 g/mol. The number of carbonyl (C=O) groups excluding carboxylic acids is 1. The monoisotopic (exact) mass is 545 g/mol. The Balaban J connectivity index is 1.37. The number of benzene rings is 2. The lowest BCUT2D eigenvalue weighted by atomic mass is 10.1. The Bertz CT molecular complexity index is 1520. The number of aromatic nitrogens is 3. The number of nitrogens with two attached hydrogens (primary N) is 1. The Labute approximate surface area is 233 Å². The van der Waals surface area contributed by atoms with Crippen molar-refractivity contribution in [1.29, 1.82) is 0 Å². The van der Waals surface area contributed by atoms with E-state index in [0.29, 0.717) is 42.8 Å². The fraction of sp³-hybridized carbons (Fsp3) is 0.345. The quantitative estimate of drug-likeness (QED) is 0.260. The van der Waals surface area contributed by atoms with Crippen molar-refractivity contribution < 1.29 is 19.0 Å². The highest BCUT2D eigenvalue weighted by atomic mass is 16.5. The van der Waals surface area contributed by atoms with E-state index in [1.54, 1.807) is 19.4 Å². The lowest BCUT2D eigenvalue weighted by molar-refractivity contribution is 0.0869. The Morgan fingerprint density at radius 1 is 1.25 bits per heavy atom. The maximum absolute atomic E-state index is 11.8. The number of para-hydroxylation sites is 1. The van der Waals surface area contributed by atoms with Crippen LogP contribution in [0.3, 0.4) is 0 Å². The number of rotatable bonds is 9. The van der Waals surface area contributed by atoms with Crippen LogP contribution in [-0.4, -0.2) is 60.6 Å². The van der Waals surface area contributed by atoms with E-state index < -0.39 is 6.09 Å². The predicted molar refractivity (Wildman–Crippen MR) is 156 cm³/mol.